The van der Waals surface area contributed by atoms with Crippen molar-refractivity contribution >= 4 is 11.8 Å². The molecule has 3 fully saturated rings. The molecule has 0 spiro atoms. The van der Waals surface area contributed by atoms with E-state index in [-0.39, 0.29) is 25.2 Å². The number of carbonyl (C=O) groups excluding carboxylic acids is 2. The average molecular weight is 557 g/mol. The van der Waals surface area contributed by atoms with Gasteiger partial charge in [0.15, 0.2) is 0 Å². The maximum absolute atomic E-state index is 13.4. The Morgan fingerprint density at radius 2 is 1.79 bits per heavy atom. The van der Waals surface area contributed by atoms with Crippen LogP contribution in [0.2, 0.25) is 0 Å². The highest BCUT2D eigenvalue weighted by Crippen LogP contribution is 2.39. The van der Waals surface area contributed by atoms with Crippen LogP contribution in [0.4, 0.5) is 26.3 Å². The lowest BCUT2D eigenvalue weighted by Crippen LogP contribution is -2.55. The summed E-state index contributed by atoms with van der Waals surface area (Å²) >= 11 is 0. The zero-order chi connectivity index (χ0) is 27.9. The molecule has 0 bridgehead atoms. The van der Waals surface area contributed by atoms with Gasteiger partial charge in [-0.25, -0.2) is 4.98 Å². The maximum Gasteiger partial charge on any atom is 0.471 e. The van der Waals surface area contributed by atoms with Crippen LogP contribution in [-0.2, 0) is 15.8 Å². The average Bonchev–Trinajstić information content (AvgIpc) is 3.65. The second-order valence-corrected chi connectivity index (χ2v) is 9.99. The fourth-order valence-electron chi connectivity index (χ4n) is 5.01. The van der Waals surface area contributed by atoms with E-state index in [2.05, 4.69) is 14.9 Å². The lowest BCUT2D eigenvalue weighted by Gasteiger charge is -2.38. The van der Waals surface area contributed by atoms with Crippen LogP contribution in [-0.4, -0.2) is 76.1 Å². The minimum absolute atomic E-state index is 0.113. The van der Waals surface area contributed by atoms with Crippen LogP contribution >= 0.6 is 0 Å². The van der Waals surface area contributed by atoms with Gasteiger partial charge in [0.05, 0.1) is 23.7 Å². The van der Waals surface area contributed by atoms with Gasteiger partial charge in [0, 0.05) is 44.6 Å². The van der Waals surface area contributed by atoms with Gasteiger partial charge >= 0.3 is 18.3 Å². The number of piperazine rings is 1. The molecule has 14 heteroatoms. The molecule has 1 aliphatic carbocycles. The number of aromatic nitrogens is 2. The van der Waals surface area contributed by atoms with Gasteiger partial charge in [0.2, 0.25) is 11.8 Å². The number of benzene rings is 1. The third kappa shape index (κ3) is 6.26. The number of ether oxygens (including phenoxy) is 1. The number of carbonyl (C=O) groups is 2. The predicted molar refractivity (Wildman–Crippen MR) is 123 cm³/mol. The number of hydrogen-bond acceptors (Lipinski definition) is 6. The molecule has 1 aromatic carbocycles. The molecule has 5 rings (SSSR count). The highest BCUT2D eigenvalue weighted by Gasteiger charge is 2.44. The summed E-state index contributed by atoms with van der Waals surface area (Å²) in [4.78, 5) is 37.1. The van der Waals surface area contributed by atoms with Crippen molar-refractivity contribution in [2.24, 2.45) is 0 Å². The molecule has 210 valence electrons. The van der Waals surface area contributed by atoms with Gasteiger partial charge < -0.3 is 15.0 Å². The molecule has 1 unspecified atom stereocenters. The highest BCUT2D eigenvalue weighted by molar-refractivity contribution is 5.90. The number of fused-ring (bicyclic) bond motifs is 1. The van der Waals surface area contributed by atoms with Crippen molar-refractivity contribution < 1.29 is 40.7 Å². The second-order valence-electron chi connectivity index (χ2n) is 9.99. The Bertz CT molecular complexity index is 1220. The van der Waals surface area contributed by atoms with Gasteiger partial charge in [0.1, 0.15) is 12.1 Å². The molecule has 3 atom stereocenters. The van der Waals surface area contributed by atoms with E-state index >= 15 is 0 Å². The summed E-state index contributed by atoms with van der Waals surface area (Å²) in [5, 5.41) is 1.59. The molecule has 1 N–H and O–H groups in total. The lowest BCUT2D eigenvalue weighted by molar-refractivity contribution is -0.175. The summed E-state index contributed by atoms with van der Waals surface area (Å²) in [5.41, 5.74) is -0.614. The molecule has 39 heavy (non-hydrogen) atoms. The van der Waals surface area contributed by atoms with Crippen molar-refractivity contribution in [1.29, 1.82) is 0 Å². The lowest BCUT2D eigenvalue weighted by atomic mass is 10.0. The van der Waals surface area contributed by atoms with Gasteiger partial charge in [-0.05, 0) is 30.5 Å². The number of rotatable bonds is 6. The standard InChI is InChI=1S/C25H25F6N5O3/c26-24(27,28)16-3-1-2-15(8-16)21(34-23(38)25(29,30)31)22(37)36-7-6-35-13-18(9-17(35)12-36)39-20-11-32-19(10-33-20)14-4-5-14/h1-3,8,10-11,14,17-18,21H,4-7,9,12-13H2,(H,34,38)/t17-,18+,21?/m0/s1. The van der Waals surface area contributed by atoms with Crippen molar-refractivity contribution in [3.8, 4) is 5.88 Å². The molecular formula is C25H25F6N5O3. The van der Waals surface area contributed by atoms with Crippen LogP contribution < -0.4 is 10.1 Å². The summed E-state index contributed by atoms with van der Waals surface area (Å²) in [6.07, 6.45) is -4.41. The van der Waals surface area contributed by atoms with Gasteiger partial charge in [-0.15, -0.1) is 0 Å². The molecule has 3 aliphatic rings. The first-order chi connectivity index (χ1) is 18.4. The highest BCUT2D eigenvalue weighted by atomic mass is 19.4. The van der Waals surface area contributed by atoms with Crippen LogP contribution in [0.1, 0.15) is 48.0 Å². The molecule has 0 radical (unpaired) electrons. The van der Waals surface area contributed by atoms with E-state index < -0.39 is 41.3 Å². The maximum atomic E-state index is 13.4. The third-order valence-electron chi connectivity index (χ3n) is 7.15. The zero-order valence-corrected chi connectivity index (χ0v) is 20.5. The number of nitrogens with zero attached hydrogens (tertiary/aromatic N) is 4. The van der Waals surface area contributed by atoms with E-state index in [1.165, 1.54) is 4.90 Å². The van der Waals surface area contributed by atoms with Crippen LogP contribution in [0.3, 0.4) is 0 Å². The fraction of sp³-hybridized carbons (Fsp3) is 0.520. The number of hydrogen-bond donors (Lipinski definition) is 1. The van der Waals surface area contributed by atoms with Crippen molar-refractivity contribution in [2.75, 3.05) is 26.2 Å². The van der Waals surface area contributed by atoms with Crippen molar-refractivity contribution in [2.45, 2.75) is 55.7 Å². The van der Waals surface area contributed by atoms with Crippen molar-refractivity contribution in [3.63, 3.8) is 0 Å². The first-order valence-electron chi connectivity index (χ1n) is 12.4. The molecule has 2 aromatic rings. The molecule has 1 saturated carbocycles. The topological polar surface area (TPSA) is 87.7 Å². The van der Waals surface area contributed by atoms with Gasteiger partial charge in [-0.3, -0.25) is 19.5 Å². The minimum atomic E-state index is -5.32. The predicted octanol–water partition coefficient (Wildman–Crippen LogP) is 3.46. The van der Waals surface area contributed by atoms with E-state index in [9.17, 15) is 35.9 Å². The molecule has 2 amide bonds. The number of nitrogens with one attached hydrogen (secondary N) is 1. The van der Waals surface area contributed by atoms with Gasteiger partial charge in [-0.1, -0.05) is 12.1 Å². The molecule has 2 saturated heterocycles. The molecule has 1 aromatic heterocycles. The summed E-state index contributed by atoms with van der Waals surface area (Å²) in [6.45, 7) is 1.16. The van der Waals surface area contributed by atoms with E-state index in [0.29, 0.717) is 37.4 Å². The van der Waals surface area contributed by atoms with E-state index in [1.807, 2.05) is 0 Å². The summed E-state index contributed by atoms with van der Waals surface area (Å²) in [5.74, 6) is -2.51. The monoisotopic (exact) mass is 557 g/mol. The Morgan fingerprint density at radius 3 is 2.44 bits per heavy atom. The normalized spacial score (nSPS) is 22.8. The number of alkyl halides is 6. The van der Waals surface area contributed by atoms with E-state index in [0.717, 1.165) is 36.7 Å². The van der Waals surface area contributed by atoms with Crippen LogP contribution in [0, 0.1) is 0 Å². The van der Waals surface area contributed by atoms with Crippen LogP contribution in [0.15, 0.2) is 36.7 Å². The Hall–Kier alpha value is -3.42. The van der Waals surface area contributed by atoms with E-state index in [4.69, 9.17) is 4.74 Å². The Morgan fingerprint density at radius 1 is 1.03 bits per heavy atom. The molecular weight excluding hydrogens is 532 g/mol. The smallest absolute Gasteiger partial charge is 0.471 e. The van der Waals surface area contributed by atoms with Crippen LogP contribution in [0.5, 0.6) is 5.88 Å². The molecule has 3 heterocycles. The quantitative estimate of drug-likeness (QED) is 0.548. The van der Waals surface area contributed by atoms with Gasteiger partial charge in [0.25, 0.3) is 0 Å². The summed E-state index contributed by atoms with van der Waals surface area (Å²) in [6, 6.07) is 1.24. The Balaban J connectivity index is 1.28. The molecule has 8 nitrogen and oxygen atoms in total. The van der Waals surface area contributed by atoms with Gasteiger partial charge in [-0.2, -0.15) is 26.3 Å². The Kier molecular flexibility index (Phi) is 7.16. The first kappa shape index (κ1) is 27.2. The number of amides is 2. The van der Waals surface area contributed by atoms with Crippen LogP contribution in [0.25, 0.3) is 0 Å². The third-order valence-corrected chi connectivity index (χ3v) is 7.15. The second kappa shape index (κ2) is 10.3. The Labute approximate surface area is 219 Å². The fourth-order valence-corrected chi connectivity index (χ4v) is 5.01. The van der Waals surface area contributed by atoms with Crippen molar-refractivity contribution in [3.05, 3.63) is 53.5 Å². The minimum Gasteiger partial charge on any atom is -0.472 e. The first-order valence-corrected chi connectivity index (χ1v) is 12.4. The number of halogens is 6. The van der Waals surface area contributed by atoms with Crippen molar-refractivity contribution in [1.82, 2.24) is 25.1 Å². The van der Waals surface area contributed by atoms with E-state index in [1.54, 1.807) is 17.7 Å². The zero-order valence-electron chi connectivity index (χ0n) is 20.5. The summed E-state index contributed by atoms with van der Waals surface area (Å²) < 4.78 is 84.8. The largest absolute Gasteiger partial charge is 0.472 e. The summed E-state index contributed by atoms with van der Waals surface area (Å²) in [7, 11) is 0. The molecule has 2 aliphatic heterocycles. The SMILES string of the molecule is O=C(C(NC(=O)C(F)(F)F)c1cccc(C(F)(F)F)c1)N1CCN2C[C@H](Oc3cnc(C4CC4)cn3)C[C@H]2C1.